The Hall–Kier alpha value is -2.54. The molecule has 0 aliphatic carbocycles. The second-order valence-corrected chi connectivity index (χ2v) is 7.26. The lowest BCUT2D eigenvalue weighted by Crippen LogP contribution is -2.29. The minimum absolute atomic E-state index is 0.0138. The second-order valence-electron chi connectivity index (χ2n) is 5.28. The van der Waals surface area contributed by atoms with Gasteiger partial charge in [-0.25, -0.2) is 8.42 Å². The number of hydrogen-bond acceptors (Lipinski definition) is 5. The van der Waals surface area contributed by atoms with Crippen molar-refractivity contribution in [2.45, 2.75) is 11.8 Å². The highest BCUT2D eigenvalue weighted by Crippen LogP contribution is 2.17. The second kappa shape index (κ2) is 8.53. The van der Waals surface area contributed by atoms with Gasteiger partial charge in [0.1, 0.15) is 18.1 Å². The van der Waals surface area contributed by atoms with Crippen LogP contribution in [0.3, 0.4) is 0 Å². The highest BCUT2D eigenvalue weighted by atomic mass is 32.2. The van der Waals surface area contributed by atoms with E-state index in [2.05, 4.69) is 5.32 Å². The summed E-state index contributed by atoms with van der Waals surface area (Å²) < 4.78 is 34.3. The topological polar surface area (TPSA) is 81.7 Å². The number of amides is 1. The molecule has 7 heteroatoms. The molecule has 2 aromatic carbocycles. The molecule has 0 aliphatic heterocycles. The van der Waals surface area contributed by atoms with E-state index in [0.717, 1.165) is 12.0 Å². The first kappa shape index (κ1) is 18.8. The van der Waals surface area contributed by atoms with Crippen LogP contribution in [0.4, 0.5) is 0 Å². The van der Waals surface area contributed by atoms with Gasteiger partial charge >= 0.3 is 0 Å². The summed E-state index contributed by atoms with van der Waals surface area (Å²) in [5.74, 6) is 0.978. The van der Waals surface area contributed by atoms with Crippen LogP contribution in [0.1, 0.15) is 17.3 Å². The Morgan fingerprint density at radius 3 is 2.20 bits per heavy atom. The first-order valence-corrected chi connectivity index (χ1v) is 9.74. The third-order valence-corrected chi connectivity index (χ3v) is 4.48. The zero-order valence-corrected chi connectivity index (χ0v) is 15.0. The molecular formula is C18H21NO5S. The summed E-state index contributed by atoms with van der Waals surface area (Å²) in [4.78, 5) is 12.2. The van der Waals surface area contributed by atoms with Crippen LogP contribution in [0.15, 0.2) is 53.4 Å². The van der Waals surface area contributed by atoms with Gasteiger partial charge in [0.05, 0.1) is 23.6 Å². The summed E-state index contributed by atoms with van der Waals surface area (Å²) in [7, 11) is -3.46. The summed E-state index contributed by atoms with van der Waals surface area (Å²) in [6.07, 6.45) is 1.08. The van der Waals surface area contributed by atoms with Crippen molar-refractivity contribution < 1.29 is 22.7 Å². The molecule has 0 atom stereocenters. The van der Waals surface area contributed by atoms with E-state index in [1.807, 2.05) is 6.92 Å². The van der Waals surface area contributed by atoms with Crippen LogP contribution in [0.25, 0.3) is 0 Å². The van der Waals surface area contributed by atoms with Gasteiger partial charge < -0.3 is 14.8 Å². The highest BCUT2D eigenvalue weighted by Gasteiger charge is 2.17. The maximum absolute atomic E-state index is 12.2. The maximum Gasteiger partial charge on any atom is 0.252 e. The van der Waals surface area contributed by atoms with Crippen LogP contribution < -0.4 is 14.8 Å². The van der Waals surface area contributed by atoms with Crippen molar-refractivity contribution in [2.24, 2.45) is 0 Å². The minimum atomic E-state index is -3.46. The van der Waals surface area contributed by atoms with Gasteiger partial charge in [-0.15, -0.1) is 0 Å². The molecule has 0 fully saturated rings. The van der Waals surface area contributed by atoms with E-state index in [1.54, 1.807) is 36.4 Å². The average molecular weight is 363 g/mol. The molecule has 134 valence electrons. The molecule has 0 heterocycles. The fourth-order valence-electron chi connectivity index (χ4n) is 2.20. The summed E-state index contributed by atoms with van der Waals surface area (Å²) in [5, 5.41) is 2.66. The Morgan fingerprint density at radius 2 is 1.60 bits per heavy atom. The van der Waals surface area contributed by atoms with Gasteiger partial charge in [-0.1, -0.05) is 12.1 Å². The Balaban J connectivity index is 1.87. The Labute approximate surface area is 147 Å². The predicted molar refractivity (Wildman–Crippen MR) is 95.0 cm³/mol. The molecule has 0 bridgehead atoms. The SMILES string of the molecule is CCOc1ccc(OCCNC(=O)c2ccccc2S(C)(=O)=O)cc1. The smallest absolute Gasteiger partial charge is 0.252 e. The molecule has 1 amide bonds. The molecular weight excluding hydrogens is 342 g/mol. The number of carbonyl (C=O) groups excluding carboxylic acids is 1. The maximum atomic E-state index is 12.2. The van der Waals surface area contributed by atoms with Gasteiger partial charge in [-0.3, -0.25) is 4.79 Å². The van der Waals surface area contributed by atoms with Crippen molar-refractivity contribution >= 4 is 15.7 Å². The lowest BCUT2D eigenvalue weighted by atomic mass is 10.2. The molecule has 6 nitrogen and oxygen atoms in total. The summed E-state index contributed by atoms with van der Waals surface area (Å²) in [5.41, 5.74) is 0.131. The molecule has 0 saturated heterocycles. The number of hydrogen-bond donors (Lipinski definition) is 1. The number of benzene rings is 2. The average Bonchev–Trinajstić information content (AvgIpc) is 2.59. The van der Waals surface area contributed by atoms with Gasteiger partial charge in [0.15, 0.2) is 9.84 Å². The van der Waals surface area contributed by atoms with E-state index in [-0.39, 0.29) is 23.6 Å². The van der Waals surface area contributed by atoms with Crippen molar-refractivity contribution in [2.75, 3.05) is 26.0 Å². The molecule has 0 aliphatic rings. The van der Waals surface area contributed by atoms with E-state index in [0.29, 0.717) is 12.4 Å². The summed E-state index contributed by atoms with van der Waals surface area (Å²) in [6, 6.07) is 13.3. The summed E-state index contributed by atoms with van der Waals surface area (Å²) >= 11 is 0. The van der Waals surface area contributed by atoms with Crippen LogP contribution >= 0.6 is 0 Å². The zero-order valence-electron chi connectivity index (χ0n) is 14.2. The molecule has 0 spiro atoms. The van der Waals surface area contributed by atoms with E-state index in [1.165, 1.54) is 12.1 Å². The zero-order chi connectivity index (χ0) is 18.3. The highest BCUT2D eigenvalue weighted by molar-refractivity contribution is 7.90. The van der Waals surface area contributed by atoms with Gasteiger partial charge in [0.25, 0.3) is 5.91 Å². The van der Waals surface area contributed by atoms with Crippen LogP contribution in [-0.4, -0.2) is 40.3 Å². The first-order valence-electron chi connectivity index (χ1n) is 7.84. The minimum Gasteiger partial charge on any atom is -0.494 e. The van der Waals surface area contributed by atoms with E-state index < -0.39 is 15.7 Å². The molecule has 0 saturated carbocycles. The van der Waals surface area contributed by atoms with Crippen LogP contribution in [0.2, 0.25) is 0 Å². The lowest BCUT2D eigenvalue weighted by Gasteiger charge is -2.10. The van der Waals surface area contributed by atoms with Crippen LogP contribution in [-0.2, 0) is 9.84 Å². The first-order chi connectivity index (χ1) is 11.9. The van der Waals surface area contributed by atoms with E-state index >= 15 is 0 Å². The van der Waals surface area contributed by atoms with Crippen molar-refractivity contribution in [1.82, 2.24) is 5.32 Å². The molecule has 0 radical (unpaired) electrons. The largest absolute Gasteiger partial charge is 0.494 e. The molecule has 2 rings (SSSR count). The van der Waals surface area contributed by atoms with E-state index in [4.69, 9.17) is 9.47 Å². The quantitative estimate of drug-likeness (QED) is 0.728. The molecule has 1 N–H and O–H groups in total. The molecule has 2 aromatic rings. The molecule has 0 unspecified atom stereocenters. The summed E-state index contributed by atoms with van der Waals surface area (Å²) in [6.45, 7) is 3.03. The monoisotopic (exact) mass is 363 g/mol. The molecule has 25 heavy (non-hydrogen) atoms. The van der Waals surface area contributed by atoms with Crippen molar-refractivity contribution in [3.05, 3.63) is 54.1 Å². The number of sulfone groups is 1. The predicted octanol–water partition coefficient (Wildman–Crippen LogP) is 2.30. The van der Waals surface area contributed by atoms with Gasteiger partial charge in [-0.2, -0.15) is 0 Å². The number of nitrogens with one attached hydrogen (secondary N) is 1. The van der Waals surface area contributed by atoms with Crippen LogP contribution in [0, 0.1) is 0 Å². The third kappa shape index (κ3) is 5.49. The van der Waals surface area contributed by atoms with Crippen molar-refractivity contribution in [1.29, 1.82) is 0 Å². The normalized spacial score (nSPS) is 11.0. The van der Waals surface area contributed by atoms with E-state index in [9.17, 15) is 13.2 Å². The lowest BCUT2D eigenvalue weighted by molar-refractivity contribution is 0.0943. The number of ether oxygens (including phenoxy) is 2. The third-order valence-electron chi connectivity index (χ3n) is 3.32. The number of rotatable bonds is 8. The Kier molecular flexibility index (Phi) is 6.41. The Bertz CT molecular complexity index is 816. The van der Waals surface area contributed by atoms with Gasteiger partial charge in [-0.05, 0) is 43.3 Å². The standard InChI is InChI=1S/C18H21NO5S/c1-3-23-14-8-10-15(11-9-14)24-13-12-19-18(20)16-6-4-5-7-17(16)25(2,21)22/h4-11H,3,12-13H2,1-2H3,(H,19,20). The van der Waals surface area contributed by atoms with Gasteiger partial charge in [0.2, 0.25) is 0 Å². The van der Waals surface area contributed by atoms with Crippen LogP contribution in [0.5, 0.6) is 11.5 Å². The number of carbonyl (C=O) groups is 1. The van der Waals surface area contributed by atoms with Gasteiger partial charge in [0, 0.05) is 6.26 Å². The fraction of sp³-hybridized carbons (Fsp3) is 0.278. The molecule has 0 aromatic heterocycles. The van der Waals surface area contributed by atoms with Crippen molar-refractivity contribution in [3.63, 3.8) is 0 Å². The van der Waals surface area contributed by atoms with Crippen molar-refractivity contribution in [3.8, 4) is 11.5 Å². The Morgan fingerprint density at radius 1 is 1.00 bits per heavy atom. The fourth-order valence-corrected chi connectivity index (χ4v) is 3.09.